The van der Waals surface area contributed by atoms with E-state index in [1.165, 1.54) is 0 Å². The molecule has 0 aromatic heterocycles. The minimum atomic E-state index is -0.680. The standard InChI is InChI=1S/C11H20O4/c1-4-5-10(13)11(2,3)15-9-8-14-7-6-12/h1,10,12-13H,5-9H2,2-3H3. The lowest BCUT2D eigenvalue weighted by atomic mass is 9.99. The zero-order valence-electron chi connectivity index (χ0n) is 9.40. The maximum Gasteiger partial charge on any atom is 0.0933 e. The van der Waals surface area contributed by atoms with Crippen molar-refractivity contribution < 1.29 is 19.7 Å². The summed E-state index contributed by atoms with van der Waals surface area (Å²) in [6.07, 6.45) is 4.69. The zero-order valence-corrected chi connectivity index (χ0v) is 9.40. The highest BCUT2D eigenvalue weighted by molar-refractivity contribution is 4.92. The third-order valence-electron chi connectivity index (χ3n) is 2.05. The summed E-state index contributed by atoms with van der Waals surface area (Å²) in [5, 5.41) is 18.1. The van der Waals surface area contributed by atoms with Crippen molar-refractivity contribution in [1.82, 2.24) is 0 Å². The first-order valence-corrected chi connectivity index (χ1v) is 4.98. The Morgan fingerprint density at radius 1 is 1.33 bits per heavy atom. The summed E-state index contributed by atoms with van der Waals surface area (Å²) in [4.78, 5) is 0. The molecule has 0 saturated heterocycles. The molecule has 0 rings (SSSR count). The molecular weight excluding hydrogens is 196 g/mol. The third kappa shape index (κ3) is 6.47. The minimum absolute atomic E-state index is 0.00309. The SMILES string of the molecule is C#CCC(O)C(C)(C)OCCOCCO. The maximum absolute atomic E-state index is 9.63. The molecule has 2 N–H and O–H groups in total. The Balaban J connectivity index is 3.69. The molecule has 0 spiro atoms. The van der Waals surface area contributed by atoms with Crippen molar-refractivity contribution in [2.45, 2.75) is 32.0 Å². The van der Waals surface area contributed by atoms with E-state index in [2.05, 4.69) is 5.92 Å². The van der Waals surface area contributed by atoms with Crippen LogP contribution in [0.5, 0.6) is 0 Å². The minimum Gasteiger partial charge on any atom is -0.394 e. The van der Waals surface area contributed by atoms with Crippen LogP contribution in [0.15, 0.2) is 0 Å². The number of terminal acetylenes is 1. The molecule has 0 radical (unpaired) electrons. The van der Waals surface area contributed by atoms with Crippen LogP contribution in [0.4, 0.5) is 0 Å². The summed E-state index contributed by atoms with van der Waals surface area (Å²) in [5.74, 6) is 2.39. The average Bonchev–Trinajstić information content (AvgIpc) is 2.18. The quantitative estimate of drug-likeness (QED) is 0.449. The normalized spacial score (nSPS) is 13.5. The molecule has 4 nitrogen and oxygen atoms in total. The molecule has 0 aliphatic rings. The monoisotopic (exact) mass is 216 g/mol. The molecule has 0 fully saturated rings. The van der Waals surface area contributed by atoms with Crippen LogP contribution in [0.1, 0.15) is 20.3 Å². The number of rotatable bonds is 8. The summed E-state index contributed by atoms with van der Waals surface area (Å²) in [6.45, 7) is 4.63. The van der Waals surface area contributed by atoms with E-state index in [1.54, 1.807) is 13.8 Å². The maximum atomic E-state index is 9.63. The molecule has 0 amide bonds. The van der Waals surface area contributed by atoms with Crippen molar-refractivity contribution >= 4 is 0 Å². The number of hydrogen-bond acceptors (Lipinski definition) is 4. The van der Waals surface area contributed by atoms with E-state index in [1.807, 2.05) is 0 Å². The number of aliphatic hydroxyl groups is 2. The molecule has 88 valence electrons. The van der Waals surface area contributed by atoms with Gasteiger partial charge in [0.05, 0.1) is 38.1 Å². The van der Waals surface area contributed by atoms with E-state index in [0.29, 0.717) is 19.8 Å². The Hall–Kier alpha value is -0.600. The van der Waals surface area contributed by atoms with E-state index in [4.69, 9.17) is 21.0 Å². The lowest BCUT2D eigenvalue weighted by molar-refractivity contribution is -0.111. The van der Waals surface area contributed by atoms with Crippen LogP contribution < -0.4 is 0 Å². The molecule has 0 aliphatic carbocycles. The van der Waals surface area contributed by atoms with Crippen molar-refractivity contribution in [3.63, 3.8) is 0 Å². The molecule has 1 unspecified atom stereocenters. The van der Waals surface area contributed by atoms with Gasteiger partial charge in [-0.2, -0.15) is 0 Å². The lowest BCUT2D eigenvalue weighted by Crippen LogP contribution is -2.39. The zero-order chi connectivity index (χ0) is 11.7. The van der Waals surface area contributed by atoms with Crippen LogP contribution in [0.2, 0.25) is 0 Å². The Kier molecular flexibility index (Phi) is 7.35. The van der Waals surface area contributed by atoms with Gasteiger partial charge in [-0.1, -0.05) is 0 Å². The van der Waals surface area contributed by atoms with E-state index < -0.39 is 11.7 Å². The molecule has 0 aromatic rings. The highest BCUT2D eigenvalue weighted by atomic mass is 16.5. The fraction of sp³-hybridized carbons (Fsp3) is 0.818. The van der Waals surface area contributed by atoms with Crippen LogP contribution in [-0.2, 0) is 9.47 Å². The summed E-state index contributed by atoms with van der Waals surface area (Å²) in [7, 11) is 0. The van der Waals surface area contributed by atoms with E-state index in [9.17, 15) is 5.11 Å². The molecule has 0 heterocycles. The predicted molar refractivity (Wildman–Crippen MR) is 57.4 cm³/mol. The summed E-state index contributed by atoms with van der Waals surface area (Å²) in [6, 6.07) is 0. The van der Waals surface area contributed by atoms with Crippen molar-refractivity contribution in [2.75, 3.05) is 26.4 Å². The van der Waals surface area contributed by atoms with Crippen molar-refractivity contribution in [3.8, 4) is 12.3 Å². The van der Waals surface area contributed by atoms with Gasteiger partial charge in [-0.15, -0.1) is 12.3 Å². The summed E-state index contributed by atoms with van der Waals surface area (Å²) in [5.41, 5.74) is -0.672. The largest absolute Gasteiger partial charge is 0.394 e. The number of hydrogen-bond donors (Lipinski definition) is 2. The fourth-order valence-electron chi connectivity index (χ4n) is 0.984. The van der Waals surface area contributed by atoms with Gasteiger partial charge in [0.15, 0.2) is 0 Å². The number of ether oxygens (including phenoxy) is 2. The molecule has 0 aromatic carbocycles. The summed E-state index contributed by atoms with van der Waals surface area (Å²) < 4.78 is 10.5. The van der Waals surface area contributed by atoms with Gasteiger partial charge >= 0.3 is 0 Å². The van der Waals surface area contributed by atoms with Gasteiger partial charge in [0.1, 0.15) is 0 Å². The van der Waals surface area contributed by atoms with E-state index in [-0.39, 0.29) is 13.0 Å². The van der Waals surface area contributed by atoms with Crippen LogP contribution in [-0.4, -0.2) is 48.3 Å². The first-order valence-electron chi connectivity index (χ1n) is 4.98. The third-order valence-corrected chi connectivity index (χ3v) is 2.05. The summed E-state index contributed by atoms with van der Waals surface area (Å²) >= 11 is 0. The first kappa shape index (κ1) is 14.4. The second kappa shape index (κ2) is 7.66. The highest BCUT2D eigenvalue weighted by Crippen LogP contribution is 2.16. The Morgan fingerprint density at radius 2 is 2.00 bits per heavy atom. The van der Waals surface area contributed by atoms with Crippen LogP contribution in [0.25, 0.3) is 0 Å². The first-order chi connectivity index (χ1) is 7.04. The molecule has 0 saturated carbocycles. The van der Waals surface area contributed by atoms with E-state index >= 15 is 0 Å². The van der Waals surface area contributed by atoms with Gasteiger partial charge in [-0.3, -0.25) is 0 Å². The highest BCUT2D eigenvalue weighted by Gasteiger charge is 2.27. The average molecular weight is 216 g/mol. The second-order valence-corrected chi connectivity index (χ2v) is 3.71. The number of aliphatic hydroxyl groups excluding tert-OH is 2. The Bertz CT molecular complexity index is 195. The Morgan fingerprint density at radius 3 is 2.53 bits per heavy atom. The van der Waals surface area contributed by atoms with Gasteiger partial charge in [-0.25, -0.2) is 0 Å². The van der Waals surface area contributed by atoms with Crippen LogP contribution in [0.3, 0.4) is 0 Å². The molecule has 1 atom stereocenters. The van der Waals surface area contributed by atoms with Gasteiger partial charge in [0, 0.05) is 6.42 Å². The van der Waals surface area contributed by atoms with Gasteiger partial charge in [0.25, 0.3) is 0 Å². The van der Waals surface area contributed by atoms with Gasteiger partial charge < -0.3 is 19.7 Å². The van der Waals surface area contributed by atoms with Crippen molar-refractivity contribution in [2.24, 2.45) is 0 Å². The molecule has 15 heavy (non-hydrogen) atoms. The van der Waals surface area contributed by atoms with Crippen molar-refractivity contribution in [3.05, 3.63) is 0 Å². The van der Waals surface area contributed by atoms with Gasteiger partial charge in [-0.05, 0) is 13.8 Å². The molecule has 0 bridgehead atoms. The van der Waals surface area contributed by atoms with Crippen LogP contribution in [0, 0.1) is 12.3 Å². The molecule has 4 heteroatoms. The smallest absolute Gasteiger partial charge is 0.0933 e. The lowest BCUT2D eigenvalue weighted by Gasteiger charge is -2.29. The molecular formula is C11H20O4. The molecule has 0 aliphatic heterocycles. The van der Waals surface area contributed by atoms with Crippen molar-refractivity contribution in [1.29, 1.82) is 0 Å². The van der Waals surface area contributed by atoms with E-state index in [0.717, 1.165) is 0 Å². The topological polar surface area (TPSA) is 58.9 Å². The Labute approximate surface area is 91.2 Å². The predicted octanol–water partition coefficient (Wildman–Crippen LogP) is 0.175. The second-order valence-electron chi connectivity index (χ2n) is 3.71. The fourth-order valence-corrected chi connectivity index (χ4v) is 0.984. The van der Waals surface area contributed by atoms with Gasteiger partial charge in [0.2, 0.25) is 0 Å². The van der Waals surface area contributed by atoms with Crippen LogP contribution >= 0.6 is 0 Å².